The Morgan fingerprint density at radius 2 is 2.00 bits per heavy atom. The van der Waals surface area contributed by atoms with Crippen molar-refractivity contribution < 1.29 is 19.6 Å². The second-order valence-electron chi connectivity index (χ2n) is 5.62. The zero-order chi connectivity index (χ0) is 16.8. The predicted octanol–water partition coefficient (Wildman–Crippen LogP) is -0.861. The highest BCUT2D eigenvalue weighted by Gasteiger charge is 2.36. The SMILES string of the molecule is CNCc1ccc(C(=O)NCC(=O)N2CCCC2B(O)O)cc1. The van der Waals surface area contributed by atoms with E-state index in [-0.39, 0.29) is 18.4 Å². The van der Waals surface area contributed by atoms with Gasteiger partial charge in [0, 0.05) is 18.7 Å². The van der Waals surface area contributed by atoms with Crippen LogP contribution in [0, 0.1) is 0 Å². The molecule has 2 rings (SSSR count). The van der Waals surface area contributed by atoms with Crippen molar-refractivity contribution in [1.82, 2.24) is 15.5 Å². The lowest BCUT2D eigenvalue weighted by Gasteiger charge is -2.24. The quantitative estimate of drug-likeness (QED) is 0.511. The van der Waals surface area contributed by atoms with Gasteiger partial charge in [-0.25, -0.2) is 0 Å². The van der Waals surface area contributed by atoms with Crippen molar-refractivity contribution in [2.45, 2.75) is 25.3 Å². The molecular weight excluding hydrogens is 297 g/mol. The first-order chi connectivity index (χ1) is 11.0. The molecule has 1 aromatic carbocycles. The van der Waals surface area contributed by atoms with Gasteiger partial charge in [0.25, 0.3) is 5.91 Å². The average molecular weight is 319 g/mol. The summed E-state index contributed by atoms with van der Waals surface area (Å²) in [6.07, 6.45) is 1.29. The van der Waals surface area contributed by atoms with Gasteiger partial charge in [0.2, 0.25) is 5.91 Å². The summed E-state index contributed by atoms with van der Waals surface area (Å²) in [5.74, 6) is -1.21. The van der Waals surface area contributed by atoms with E-state index in [0.717, 1.165) is 18.5 Å². The van der Waals surface area contributed by atoms with Gasteiger partial charge in [-0.1, -0.05) is 12.1 Å². The molecule has 4 N–H and O–H groups in total. The van der Waals surface area contributed by atoms with E-state index in [1.165, 1.54) is 4.90 Å². The number of benzene rings is 1. The summed E-state index contributed by atoms with van der Waals surface area (Å²) in [6, 6.07) is 7.13. The van der Waals surface area contributed by atoms with Crippen LogP contribution in [0.5, 0.6) is 0 Å². The van der Waals surface area contributed by atoms with E-state index in [2.05, 4.69) is 10.6 Å². The van der Waals surface area contributed by atoms with Crippen molar-refractivity contribution in [2.75, 3.05) is 20.1 Å². The third-order valence-corrected chi connectivity index (χ3v) is 3.96. The van der Waals surface area contributed by atoms with E-state index < -0.39 is 13.1 Å². The van der Waals surface area contributed by atoms with Gasteiger partial charge in [-0.05, 0) is 37.6 Å². The molecule has 124 valence electrons. The normalized spacial score (nSPS) is 17.2. The molecule has 0 radical (unpaired) electrons. The number of nitrogens with one attached hydrogen (secondary N) is 2. The van der Waals surface area contributed by atoms with Crippen molar-refractivity contribution in [3.8, 4) is 0 Å². The Balaban J connectivity index is 1.87. The van der Waals surface area contributed by atoms with Crippen molar-refractivity contribution in [1.29, 1.82) is 0 Å². The molecule has 2 amide bonds. The third-order valence-electron chi connectivity index (χ3n) is 3.96. The maximum absolute atomic E-state index is 12.1. The van der Waals surface area contributed by atoms with Crippen LogP contribution in [-0.4, -0.2) is 60.0 Å². The molecule has 1 fully saturated rings. The van der Waals surface area contributed by atoms with Gasteiger partial charge in [0.05, 0.1) is 12.5 Å². The fourth-order valence-electron chi connectivity index (χ4n) is 2.75. The molecule has 0 spiro atoms. The fraction of sp³-hybridized carbons (Fsp3) is 0.467. The minimum absolute atomic E-state index is 0.152. The summed E-state index contributed by atoms with van der Waals surface area (Å²) in [5.41, 5.74) is 1.55. The maximum Gasteiger partial charge on any atom is 0.475 e. The number of hydrogen-bond acceptors (Lipinski definition) is 5. The third kappa shape index (κ3) is 4.54. The summed E-state index contributed by atoms with van der Waals surface area (Å²) in [7, 11) is 0.304. The molecular formula is C15H22BN3O4. The Labute approximate surface area is 135 Å². The zero-order valence-corrected chi connectivity index (χ0v) is 13.2. The van der Waals surface area contributed by atoms with Crippen LogP contribution in [0.25, 0.3) is 0 Å². The van der Waals surface area contributed by atoms with Crippen molar-refractivity contribution >= 4 is 18.9 Å². The number of carbonyl (C=O) groups excluding carboxylic acids is 2. The molecule has 1 saturated heterocycles. The number of nitrogens with zero attached hydrogens (tertiary/aromatic N) is 1. The standard InChI is InChI=1S/C15H22BN3O4/c1-17-9-11-4-6-12(7-5-11)15(21)18-10-14(20)19-8-2-3-13(19)16(22)23/h4-7,13,17,22-23H,2-3,8-10H2,1H3,(H,18,21). The van der Waals surface area contributed by atoms with E-state index in [0.29, 0.717) is 18.5 Å². The molecule has 23 heavy (non-hydrogen) atoms. The number of hydrogen-bond donors (Lipinski definition) is 4. The van der Waals surface area contributed by atoms with Crippen molar-refractivity contribution in [2.24, 2.45) is 0 Å². The number of likely N-dealkylation sites (tertiary alicyclic amines) is 1. The van der Waals surface area contributed by atoms with Crippen LogP contribution in [-0.2, 0) is 11.3 Å². The van der Waals surface area contributed by atoms with Crippen LogP contribution < -0.4 is 10.6 Å². The summed E-state index contributed by atoms with van der Waals surface area (Å²) in [5, 5.41) is 24.1. The molecule has 7 nitrogen and oxygen atoms in total. The topological polar surface area (TPSA) is 102 Å². The molecule has 1 aromatic rings. The first-order valence-corrected chi connectivity index (χ1v) is 7.70. The van der Waals surface area contributed by atoms with Crippen LogP contribution in [0.4, 0.5) is 0 Å². The maximum atomic E-state index is 12.1. The van der Waals surface area contributed by atoms with Crippen LogP contribution in [0.15, 0.2) is 24.3 Å². The van der Waals surface area contributed by atoms with E-state index in [4.69, 9.17) is 0 Å². The smallest absolute Gasteiger partial charge is 0.426 e. The Kier molecular flexibility index (Phi) is 6.15. The van der Waals surface area contributed by atoms with E-state index in [1.54, 1.807) is 12.1 Å². The monoisotopic (exact) mass is 319 g/mol. The minimum atomic E-state index is -1.54. The first-order valence-electron chi connectivity index (χ1n) is 7.70. The van der Waals surface area contributed by atoms with Crippen LogP contribution in [0.1, 0.15) is 28.8 Å². The Morgan fingerprint density at radius 3 is 2.61 bits per heavy atom. The first kappa shape index (κ1) is 17.5. The zero-order valence-electron chi connectivity index (χ0n) is 13.2. The summed E-state index contributed by atoms with van der Waals surface area (Å²) >= 11 is 0. The lowest BCUT2D eigenvalue weighted by atomic mass is 9.78. The Hall–Kier alpha value is -1.90. The number of rotatable bonds is 6. The van der Waals surface area contributed by atoms with Gasteiger partial charge < -0.3 is 25.6 Å². The second kappa shape index (κ2) is 8.10. The highest BCUT2D eigenvalue weighted by molar-refractivity contribution is 6.43. The van der Waals surface area contributed by atoms with Crippen LogP contribution in [0.3, 0.4) is 0 Å². The fourth-order valence-corrected chi connectivity index (χ4v) is 2.75. The summed E-state index contributed by atoms with van der Waals surface area (Å²) in [4.78, 5) is 25.6. The lowest BCUT2D eigenvalue weighted by molar-refractivity contribution is -0.130. The molecule has 8 heteroatoms. The van der Waals surface area contributed by atoms with Crippen LogP contribution in [0.2, 0.25) is 0 Å². The largest absolute Gasteiger partial charge is 0.475 e. The van der Waals surface area contributed by atoms with Crippen LogP contribution >= 0.6 is 0 Å². The van der Waals surface area contributed by atoms with E-state index in [1.807, 2.05) is 19.2 Å². The number of amides is 2. The van der Waals surface area contributed by atoms with Gasteiger partial charge in [0.15, 0.2) is 0 Å². The molecule has 0 saturated carbocycles. The van der Waals surface area contributed by atoms with Gasteiger partial charge in [0.1, 0.15) is 0 Å². The van der Waals surface area contributed by atoms with Gasteiger partial charge >= 0.3 is 7.12 Å². The summed E-state index contributed by atoms with van der Waals surface area (Å²) in [6.45, 7) is 1.05. The highest BCUT2D eigenvalue weighted by atomic mass is 16.4. The van der Waals surface area contributed by atoms with E-state index >= 15 is 0 Å². The van der Waals surface area contributed by atoms with Crippen molar-refractivity contribution in [3.05, 3.63) is 35.4 Å². The Bertz CT molecular complexity index is 550. The lowest BCUT2D eigenvalue weighted by Crippen LogP contribution is -2.48. The molecule has 1 unspecified atom stereocenters. The summed E-state index contributed by atoms with van der Waals surface area (Å²) < 4.78 is 0. The molecule has 0 bridgehead atoms. The predicted molar refractivity (Wildman–Crippen MR) is 86.5 cm³/mol. The highest BCUT2D eigenvalue weighted by Crippen LogP contribution is 2.17. The van der Waals surface area contributed by atoms with Gasteiger partial charge in [-0.15, -0.1) is 0 Å². The second-order valence-corrected chi connectivity index (χ2v) is 5.62. The molecule has 1 heterocycles. The molecule has 0 aliphatic carbocycles. The van der Waals surface area contributed by atoms with E-state index in [9.17, 15) is 19.6 Å². The molecule has 1 aliphatic heterocycles. The number of carbonyl (C=O) groups is 2. The van der Waals surface area contributed by atoms with Gasteiger partial charge in [-0.2, -0.15) is 0 Å². The molecule has 0 aromatic heterocycles. The average Bonchev–Trinajstić information content (AvgIpc) is 3.03. The van der Waals surface area contributed by atoms with Crippen molar-refractivity contribution in [3.63, 3.8) is 0 Å². The van der Waals surface area contributed by atoms with Gasteiger partial charge in [-0.3, -0.25) is 9.59 Å². The Morgan fingerprint density at radius 1 is 1.30 bits per heavy atom. The molecule has 1 aliphatic rings. The minimum Gasteiger partial charge on any atom is -0.426 e. The molecule has 1 atom stereocenters.